The number of hydrogen-bond donors (Lipinski definition) is 2. The van der Waals surface area contributed by atoms with E-state index in [0.29, 0.717) is 4.24 Å². The number of rotatable bonds is 6. The average Bonchev–Trinajstić information content (AvgIpc) is 2.56. The predicted octanol–water partition coefficient (Wildman–Crippen LogP) is 5.40. The molecule has 0 aliphatic rings. The summed E-state index contributed by atoms with van der Waals surface area (Å²) in [6.45, 7) is 0. The van der Waals surface area contributed by atoms with Gasteiger partial charge >= 0.3 is 0 Å². The van der Waals surface area contributed by atoms with Crippen molar-refractivity contribution >= 4 is 58.3 Å². The molecular formula is C16H12Cl3NO2S2. The summed E-state index contributed by atoms with van der Waals surface area (Å²) in [7, 11) is 0. The fourth-order valence-corrected chi connectivity index (χ4v) is 4.50. The highest BCUT2D eigenvalue weighted by Crippen LogP contribution is 2.42. The quantitative estimate of drug-likeness (QED) is 0.373. The van der Waals surface area contributed by atoms with Crippen LogP contribution in [0.25, 0.3) is 0 Å². The molecule has 0 bridgehead atoms. The molecule has 0 aliphatic carbocycles. The van der Waals surface area contributed by atoms with Crippen molar-refractivity contribution in [2.75, 3.05) is 0 Å². The summed E-state index contributed by atoms with van der Waals surface area (Å²) in [5.74, 6) is 0. The van der Waals surface area contributed by atoms with Crippen molar-refractivity contribution in [1.82, 2.24) is 0 Å². The topological polar surface area (TPSA) is 47.7 Å². The zero-order valence-corrected chi connectivity index (χ0v) is 16.0. The first-order valence-electron chi connectivity index (χ1n) is 6.63. The maximum Gasteiger partial charge on any atom is 0.205 e. The van der Waals surface area contributed by atoms with E-state index in [9.17, 15) is 10.4 Å². The molecule has 0 fully saturated rings. The summed E-state index contributed by atoms with van der Waals surface area (Å²) in [6, 6.07) is 18.8. The van der Waals surface area contributed by atoms with Gasteiger partial charge in [-0.1, -0.05) is 94.7 Å². The van der Waals surface area contributed by atoms with Gasteiger partial charge in [-0.3, -0.25) is 0 Å². The largest absolute Gasteiger partial charge is 0.595 e. The molecule has 2 N–H and O–H groups in total. The van der Waals surface area contributed by atoms with Crippen molar-refractivity contribution < 1.29 is 10.4 Å². The van der Waals surface area contributed by atoms with Crippen LogP contribution in [0, 0.1) is 5.21 Å². The lowest BCUT2D eigenvalue weighted by atomic mass is 10.4. The third-order valence-electron chi connectivity index (χ3n) is 2.71. The molecule has 0 aromatic heterocycles. The molecule has 126 valence electrons. The Balaban J connectivity index is 2.50. The molecule has 0 radical (unpaired) electrons. The minimum Gasteiger partial charge on any atom is -0.595 e. The van der Waals surface area contributed by atoms with Crippen molar-refractivity contribution in [3.8, 4) is 0 Å². The van der Waals surface area contributed by atoms with Gasteiger partial charge in [0.2, 0.25) is 5.70 Å². The van der Waals surface area contributed by atoms with Crippen LogP contribution in [0.4, 0.5) is 0 Å². The first kappa shape index (κ1) is 19.7. The highest BCUT2D eigenvalue weighted by Gasteiger charge is 2.22. The van der Waals surface area contributed by atoms with Gasteiger partial charge < -0.3 is 5.21 Å². The Bertz CT molecular complexity index is 690. The van der Waals surface area contributed by atoms with Crippen LogP contribution in [0.3, 0.4) is 0 Å². The first-order chi connectivity index (χ1) is 11.5. The fourth-order valence-electron chi connectivity index (χ4n) is 1.68. The first-order valence-corrected chi connectivity index (χ1v) is 9.40. The Hall–Kier alpha value is -0.630. The van der Waals surface area contributed by atoms with Crippen LogP contribution in [0.5, 0.6) is 0 Å². The summed E-state index contributed by atoms with van der Waals surface area (Å²) in [5.41, 5.74) is -0.126. The number of quaternary nitrogens is 1. The van der Waals surface area contributed by atoms with Gasteiger partial charge in [-0.05, 0) is 24.3 Å². The van der Waals surface area contributed by atoms with Gasteiger partial charge in [0, 0.05) is 9.79 Å². The van der Waals surface area contributed by atoms with Gasteiger partial charge in [0.1, 0.15) is 13.8 Å². The Morgan fingerprint density at radius 3 is 1.58 bits per heavy atom. The lowest BCUT2D eigenvalue weighted by Gasteiger charge is -2.19. The summed E-state index contributed by atoms with van der Waals surface area (Å²) >= 11 is 20.1. The van der Waals surface area contributed by atoms with E-state index in [2.05, 4.69) is 0 Å². The third-order valence-corrected chi connectivity index (χ3v) is 5.96. The minimum atomic E-state index is -1.19. The molecule has 0 saturated heterocycles. The Morgan fingerprint density at radius 1 is 0.833 bits per heavy atom. The second-order valence-electron chi connectivity index (χ2n) is 4.37. The van der Waals surface area contributed by atoms with Crippen LogP contribution >= 0.6 is 58.3 Å². The van der Waals surface area contributed by atoms with Crippen LogP contribution in [0.1, 0.15) is 0 Å². The average molecular weight is 421 g/mol. The van der Waals surface area contributed by atoms with Crippen molar-refractivity contribution in [3.05, 3.63) is 85.3 Å². The van der Waals surface area contributed by atoms with Gasteiger partial charge in [0.05, 0.1) is 0 Å². The lowest BCUT2D eigenvalue weighted by Crippen LogP contribution is -3.02. The molecule has 2 aromatic carbocycles. The number of nitrogens with one attached hydrogen (secondary N) is 1. The van der Waals surface area contributed by atoms with E-state index in [1.807, 2.05) is 60.7 Å². The molecule has 8 heteroatoms. The van der Waals surface area contributed by atoms with E-state index in [1.54, 1.807) is 0 Å². The molecule has 0 saturated carbocycles. The molecule has 2 aromatic rings. The van der Waals surface area contributed by atoms with Crippen molar-refractivity contribution in [3.63, 3.8) is 0 Å². The maximum absolute atomic E-state index is 11.7. The van der Waals surface area contributed by atoms with Crippen molar-refractivity contribution in [2.24, 2.45) is 0 Å². The van der Waals surface area contributed by atoms with Crippen LogP contribution in [-0.2, 0) is 0 Å². The molecule has 1 atom stereocenters. The van der Waals surface area contributed by atoms with Crippen LogP contribution in [0.2, 0.25) is 0 Å². The second-order valence-corrected chi connectivity index (χ2v) is 8.13. The van der Waals surface area contributed by atoms with Gasteiger partial charge in [-0.2, -0.15) is 5.23 Å². The van der Waals surface area contributed by atoms with Crippen LogP contribution in [0.15, 0.2) is 89.9 Å². The predicted molar refractivity (Wildman–Crippen MR) is 102 cm³/mol. The summed E-state index contributed by atoms with van der Waals surface area (Å²) in [4.78, 5) is 1.76. The maximum atomic E-state index is 11.7. The van der Waals surface area contributed by atoms with E-state index < -0.39 is 5.23 Å². The van der Waals surface area contributed by atoms with Gasteiger partial charge in [-0.15, -0.1) is 0 Å². The molecule has 1 unspecified atom stereocenters. The van der Waals surface area contributed by atoms with Gasteiger partial charge in [0.15, 0.2) is 0 Å². The molecular weight excluding hydrogens is 409 g/mol. The number of benzene rings is 2. The van der Waals surface area contributed by atoms with Gasteiger partial charge in [-0.25, -0.2) is 5.21 Å². The third kappa shape index (κ3) is 5.72. The smallest absolute Gasteiger partial charge is 0.205 e. The second kappa shape index (κ2) is 9.75. The van der Waals surface area contributed by atoms with E-state index in [-0.39, 0.29) is 15.2 Å². The number of thioether (sulfide) groups is 2. The summed E-state index contributed by atoms with van der Waals surface area (Å²) in [5, 5.41) is 20.0. The molecule has 0 amide bonds. The minimum absolute atomic E-state index is 0.126. The molecule has 0 heterocycles. The monoisotopic (exact) mass is 419 g/mol. The van der Waals surface area contributed by atoms with E-state index in [1.165, 1.54) is 23.5 Å². The highest BCUT2D eigenvalue weighted by atomic mass is 35.5. The fraction of sp³-hybridized carbons (Fsp3) is 0. The Labute approximate surface area is 163 Å². The van der Waals surface area contributed by atoms with Gasteiger partial charge in [0.25, 0.3) is 0 Å². The molecule has 3 nitrogen and oxygen atoms in total. The normalized spacial score (nSPS) is 11.7. The number of hydrogen-bond acceptors (Lipinski definition) is 4. The summed E-state index contributed by atoms with van der Waals surface area (Å²) in [6.07, 6.45) is 0. The Morgan fingerprint density at radius 2 is 1.25 bits per heavy atom. The van der Waals surface area contributed by atoms with E-state index in [4.69, 9.17) is 34.8 Å². The van der Waals surface area contributed by atoms with Crippen molar-refractivity contribution in [1.29, 1.82) is 0 Å². The number of halogens is 3. The highest BCUT2D eigenvalue weighted by molar-refractivity contribution is 8.22. The Kier molecular flexibility index (Phi) is 8.00. The van der Waals surface area contributed by atoms with Crippen LogP contribution in [-0.4, -0.2) is 5.21 Å². The molecule has 24 heavy (non-hydrogen) atoms. The lowest BCUT2D eigenvalue weighted by molar-refractivity contribution is -1.01. The zero-order valence-electron chi connectivity index (χ0n) is 12.1. The molecule has 2 rings (SSSR count). The van der Waals surface area contributed by atoms with E-state index in [0.717, 1.165) is 9.79 Å². The number of hydroxylamine groups is 2. The summed E-state index contributed by atoms with van der Waals surface area (Å²) < 4.78 is 0.192. The zero-order chi connectivity index (χ0) is 17.5. The van der Waals surface area contributed by atoms with Crippen LogP contribution < -0.4 is 5.23 Å². The molecule has 0 aliphatic heterocycles. The standard InChI is InChI=1S/C16H12Cl3NO2S2/c17-13(15(18)19)14(20(21)22)16(23-11-7-3-1-4-8-11)24-12-9-5-2-6-10-12/h1-10,20-21H. The van der Waals surface area contributed by atoms with Crippen molar-refractivity contribution in [2.45, 2.75) is 9.79 Å². The molecule has 0 spiro atoms. The van der Waals surface area contributed by atoms with E-state index >= 15 is 0 Å². The number of allylic oxidation sites excluding steroid dienone is 1. The SMILES string of the molecule is [O-][NH+](O)C(=C(Sc1ccccc1)Sc1ccccc1)C(Cl)=C(Cl)Cl.